The molecule has 1 aliphatic heterocycles. The van der Waals surface area contributed by atoms with Gasteiger partial charge in [-0.1, -0.05) is 42.5 Å². The predicted octanol–water partition coefficient (Wildman–Crippen LogP) is 3.28. The first kappa shape index (κ1) is 21.0. The number of morpholine rings is 1. The highest BCUT2D eigenvalue weighted by Crippen LogP contribution is 2.24. The molecule has 6 heteroatoms. The average molecular weight is 418 g/mol. The Morgan fingerprint density at radius 2 is 1.84 bits per heavy atom. The van der Waals surface area contributed by atoms with Gasteiger partial charge in [0.05, 0.1) is 12.6 Å². The second-order valence-electron chi connectivity index (χ2n) is 7.76. The summed E-state index contributed by atoms with van der Waals surface area (Å²) in [5.41, 5.74) is 2.58. The number of anilines is 1. The van der Waals surface area contributed by atoms with Gasteiger partial charge in [0.15, 0.2) is 0 Å². The molecule has 0 aliphatic carbocycles. The lowest BCUT2D eigenvalue weighted by Gasteiger charge is -2.33. The van der Waals surface area contributed by atoms with Crippen molar-refractivity contribution >= 4 is 28.3 Å². The van der Waals surface area contributed by atoms with Gasteiger partial charge < -0.3 is 20.3 Å². The topological polar surface area (TPSA) is 70.7 Å². The van der Waals surface area contributed by atoms with Gasteiger partial charge in [0.25, 0.3) is 11.8 Å². The summed E-state index contributed by atoms with van der Waals surface area (Å²) in [6.07, 6.45) is -0.117. The van der Waals surface area contributed by atoms with Crippen molar-refractivity contribution in [1.29, 1.82) is 0 Å². The van der Waals surface area contributed by atoms with E-state index in [1.165, 1.54) is 16.3 Å². The first-order valence-electron chi connectivity index (χ1n) is 10.5. The van der Waals surface area contributed by atoms with Crippen LogP contribution in [0.15, 0.2) is 66.7 Å². The van der Waals surface area contributed by atoms with Gasteiger partial charge in [0.2, 0.25) is 0 Å². The Morgan fingerprint density at radius 3 is 2.61 bits per heavy atom. The number of nitrogens with zero attached hydrogens (tertiary/aromatic N) is 1. The molecular formula is C25H27N3O3. The summed E-state index contributed by atoms with van der Waals surface area (Å²) < 4.78 is 5.78. The van der Waals surface area contributed by atoms with Gasteiger partial charge in [-0.2, -0.15) is 0 Å². The largest absolute Gasteiger partial charge is 0.365 e. The molecule has 2 N–H and O–H groups in total. The smallest absolute Gasteiger partial charge is 0.253 e. The molecule has 3 aromatic carbocycles. The Labute approximate surface area is 182 Å². The SMILES string of the molecule is CNC(=O)c1ccc(N2CC(CN[C@H](C)c3cccc4ccccc34)OCC2=O)cc1. The van der Waals surface area contributed by atoms with Crippen molar-refractivity contribution in [2.24, 2.45) is 0 Å². The molecule has 4 rings (SSSR count). The van der Waals surface area contributed by atoms with Crippen LogP contribution in [0.3, 0.4) is 0 Å². The molecule has 0 aromatic heterocycles. The van der Waals surface area contributed by atoms with E-state index in [9.17, 15) is 9.59 Å². The second-order valence-corrected chi connectivity index (χ2v) is 7.76. The zero-order valence-corrected chi connectivity index (χ0v) is 17.8. The van der Waals surface area contributed by atoms with Gasteiger partial charge in [-0.15, -0.1) is 0 Å². The number of ether oxygens (including phenoxy) is 1. The molecule has 0 bridgehead atoms. The number of carbonyl (C=O) groups excluding carboxylic acids is 2. The fraction of sp³-hybridized carbons (Fsp3) is 0.280. The molecule has 0 saturated carbocycles. The third-order valence-corrected chi connectivity index (χ3v) is 5.74. The first-order valence-corrected chi connectivity index (χ1v) is 10.5. The minimum Gasteiger partial charge on any atom is -0.365 e. The van der Waals surface area contributed by atoms with Gasteiger partial charge in [0, 0.05) is 30.9 Å². The standard InChI is InChI=1S/C25H27N3O3/c1-17(22-9-5-7-18-6-3-4-8-23(18)22)27-14-21-15-28(24(29)16-31-21)20-12-10-19(11-13-20)25(30)26-2/h3-13,17,21,27H,14-16H2,1-2H3,(H,26,30)/t17-,21?/m1/s1. The highest BCUT2D eigenvalue weighted by atomic mass is 16.5. The van der Waals surface area contributed by atoms with Crippen LogP contribution in [0.1, 0.15) is 28.9 Å². The van der Waals surface area contributed by atoms with Crippen LogP contribution in [0, 0.1) is 0 Å². The van der Waals surface area contributed by atoms with Crippen molar-refractivity contribution in [2.45, 2.75) is 19.1 Å². The quantitative estimate of drug-likeness (QED) is 0.646. The average Bonchev–Trinajstić information content (AvgIpc) is 2.82. The van der Waals surface area contributed by atoms with Gasteiger partial charge in [0.1, 0.15) is 6.61 Å². The normalized spacial score (nSPS) is 17.5. The fourth-order valence-electron chi connectivity index (χ4n) is 3.98. The minimum atomic E-state index is -0.149. The van der Waals surface area contributed by atoms with Crippen LogP contribution in [0.5, 0.6) is 0 Å². The number of fused-ring (bicyclic) bond motifs is 1. The van der Waals surface area contributed by atoms with E-state index in [-0.39, 0.29) is 30.6 Å². The molecule has 0 radical (unpaired) electrons. The van der Waals surface area contributed by atoms with E-state index in [4.69, 9.17) is 4.74 Å². The second kappa shape index (κ2) is 9.29. The molecule has 31 heavy (non-hydrogen) atoms. The first-order chi connectivity index (χ1) is 15.1. The summed E-state index contributed by atoms with van der Waals surface area (Å²) >= 11 is 0. The molecule has 3 aromatic rings. The lowest BCUT2D eigenvalue weighted by molar-refractivity contribution is -0.129. The fourth-order valence-corrected chi connectivity index (χ4v) is 3.98. The molecule has 1 aliphatic rings. The van der Waals surface area contributed by atoms with Crippen LogP contribution < -0.4 is 15.5 Å². The van der Waals surface area contributed by atoms with Crippen LogP contribution in [0.2, 0.25) is 0 Å². The predicted molar refractivity (Wildman–Crippen MR) is 122 cm³/mol. The van der Waals surface area contributed by atoms with Crippen molar-refractivity contribution in [3.63, 3.8) is 0 Å². The van der Waals surface area contributed by atoms with Gasteiger partial charge >= 0.3 is 0 Å². The van der Waals surface area contributed by atoms with Crippen molar-refractivity contribution in [3.8, 4) is 0 Å². The van der Waals surface area contributed by atoms with Crippen molar-refractivity contribution in [3.05, 3.63) is 77.9 Å². The van der Waals surface area contributed by atoms with Crippen molar-refractivity contribution in [1.82, 2.24) is 10.6 Å². The van der Waals surface area contributed by atoms with Gasteiger partial charge in [-0.3, -0.25) is 9.59 Å². The number of hydrogen-bond acceptors (Lipinski definition) is 4. The Morgan fingerprint density at radius 1 is 1.10 bits per heavy atom. The van der Waals surface area contributed by atoms with Crippen LogP contribution in [0.25, 0.3) is 10.8 Å². The molecule has 1 saturated heterocycles. The molecule has 1 fully saturated rings. The van der Waals surface area contributed by atoms with E-state index in [0.717, 1.165) is 5.69 Å². The third-order valence-electron chi connectivity index (χ3n) is 5.74. The van der Waals surface area contributed by atoms with Gasteiger partial charge in [-0.05, 0) is 47.5 Å². The highest BCUT2D eigenvalue weighted by molar-refractivity contribution is 5.97. The highest BCUT2D eigenvalue weighted by Gasteiger charge is 2.28. The molecule has 1 unspecified atom stereocenters. The van der Waals surface area contributed by atoms with Crippen LogP contribution in [-0.4, -0.2) is 44.7 Å². The van der Waals surface area contributed by atoms with Crippen LogP contribution in [-0.2, 0) is 9.53 Å². The number of carbonyl (C=O) groups is 2. The van der Waals surface area contributed by atoms with Crippen molar-refractivity contribution in [2.75, 3.05) is 31.6 Å². The lowest BCUT2D eigenvalue weighted by atomic mass is 9.99. The van der Waals surface area contributed by atoms with E-state index in [1.807, 2.05) is 6.07 Å². The van der Waals surface area contributed by atoms with E-state index < -0.39 is 0 Å². The molecule has 6 nitrogen and oxygen atoms in total. The van der Waals surface area contributed by atoms with Crippen molar-refractivity contribution < 1.29 is 14.3 Å². The summed E-state index contributed by atoms with van der Waals surface area (Å²) in [6.45, 7) is 3.29. The van der Waals surface area contributed by atoms with E-state index in [2.05, 4.69) is 54.0 Å². The Balaban J connectivity index is 1.41. The number of benzene rings is 3. The maximum absolute atomic E-state index is 12.4. The summed E-state index contributed by atoms with van der Waals surface area (Å²) in [4.78, 5) is 25.9. The number of hydrogen-bond donors (Lipinski definition) is 2. The molecule has 0 spiro atoms. The number of nitrogens with one attached hydrogen (secondary N) is 2. The summed E-state index contributed by atoms with van der Waals surface area (Å²) in [5.74, 6) is -0.226. The van der Waals surface area contributed by atoms with E-state index >= 15 is 0 Å². The zero-order chi connectivity index (χ0) is 21.8. The Hall–Kier alpha value is -3.22. The number of rotatable bonds is 6. The maximum Gasteiger partial charge on any atom is 0.253 e. The zero-order valence-electron chi connectivity index (χ0n) is 17.8. The maximum atomic E-state index is 12.4. The van der Waals surface area contributed by atoms with E-state index in [1.54, 1.807) is 36.2 Å². The summed E-state index contributed by atoms with van der Waals surface area (Å²) in [6, 6.07) is 21.9. The minimum absolute atomic E-state index is 0.0478. The number of amides is 2. The molecule has 160 valence electrons. The summed E-state index contributed by atoms with van der Waals surface area (Å²) in [7, 11) is 1.60. The van der Waals surface area contributed by atoms with Crippen LogP contribution in [0.4, 0.5) is 5.69 Å². The van der Waals surface area contributed by atoms with Gasteiger partial charge in [-0.25, -0.2) is 0 Å². The van der Waals surface area contributed by atoms with E-state index in [0.29, 0.717) is 18.7 Å². The monoisotopic (exact) mass is 417 g/mol. The third kappa shape index (κ3) is 4.60. The molecule has 2 amide bonds. The molecule has 1 heterocycles. The molecular weight excluding hydrogens is 390 g/mol. The lowest BCUT2D eigenvalue weighted by Crippen LogP contribution is -2.50. The molecule has 2 atom stereocenters. The summed E-state index contributed by atoms with van der Waals surface area (Å²) in [5, 5.41) is 8.62. The Kier molecular flexibility index (Phi) is 6.30. The Bertz CT molecular complexity index is 1080. The van der Waals surface area contributed by atoms with Crippen LogP contribution >= 0.6 is 0 Å².